The molecule has 7 nitrogen and oxygen atoms in total. The molecule has 7 heteroatoms. The molecule has 1 amide bonds. The molecule has 30 heavy (non-hydrogen) atoms. The van der Waals surface area contributed by atoms with Crippen LogP contribution in [0.3, 0.4) is 0 Å². The molecule has 2 aromatic rings. The van der Waals surface area contributed by atoms with Gasteiger partial charge in [-0.15, -0.1) is 0 Å². The molecule has 2 N–H and O–H groups in total. The predicted molar refractivity (Wildman–Crippen MR) is 115 cm³/mol. The average molecular weight is 414 g/mol. The number of amides is 1. The molecule has 1 atom stereocenters. The second-order valence-corrected chi connectivity index (χ2v) is 8.18. The molecule has 1 unspecified atom stereocenters. The summed E-state index contributed by atoms with van der Waals surface area (Å²) in [5.41, 5.74) is 2.54. The number of quaternary nitrogens is 1. The zero-order chi connectivity index (χ0) is 20.9. The molecule has 1 aliphatic carbocycles. The Morgan fingerprint density at radius 2 is 1.87 bits per heavy atom. The fraction of sp³-hybridized carbons (Fsp3) is 0.565. The Bertz CT molecular complexity index is 873. The quantitative estimate of drug-likeness (QED) is 0.697. The van der Waals surface area contributed by atoms with E-state index in [4.69, 9.17) is 9.47 Å². The maximum Gasteiger partial charge on any atom is 0.280 e. The molecule has 1 fully saturated rings. The molecule has 4 rings (SSSR count). The van der Waals surface area contributed by atoms with E-state index in [9.17, 15) is 4.79 Å². The number of nitrogens with one attached hydrogen (secondary N) is 2. The van der Waals surface area contributed by atoms with Crippen molar-refractivity contribution in [1.82, 2.24) is 9.78 Å². The predicted octanol–water partition coefficient (Wildman–Crippen LogP) is 2.38. The van der Waals surface area contributed by atoms with Gasteiger partial charge in [0.25, 0.3) is 5.91 Å². The van der Waals surface area contributed by atoms with E-state index >= 15 is 0 Å². The summed E-state index contributed by atoms with van der Waals surface area (Å²) < 4.78 is 13.5. The number of nitrogens with zero attached hydrogens (tertiary/aromatic N) is 2. The van der Waals surface area contributed by atoms with Crippen molar-refractivity contribution in [1.29, 1.82) is 0 Å². The van der Waals surface area contributed by atoms with Crippen LogP contribution in [0.1, 0.15) is 56.7 Å². The third-order valence-electron chi connectivity index (χ3n) is 6.07. The van der Waals surface area contributed by atoms with Crippen LogP contribution in [0.4, 0.5) is 5.82 Å². The van der Waals surface area contributed by atoms with Crippen LogP contribution in [0.25, 0.3) is 0 Å². The van der Waals surface area contributed by atoms with Crippen LogP contribution in [0.2, 0.25) is 0 Å². The minimum absolute atomic E-state index is 0.0455. The number of carbonyl (C=O) groups excluding carboxylic acids is 1. The summed E-state index contributed by atoms with van der Waals surface area (Å²) in [4.78, 5) is 14.0. The van der Waals surface area contributed by atoms with Crippen molar-refractivity contribution >= 4 is 11.7 Å². The molecule has 2 aliphatic rings. The van der Waals surface area contributed by atoms with Crippen molar-refractivity contribution in [2.45, 2.75) is 58.5 Å². The van der Waals surface area contributed by atoms with Crippen molar-refractivity contribution in [3.63, 3.8) is 0 Å². The largest absolute Gasteiger partial charge is 0.490 e. The topological polar surface area (TPSA) is 69.8 Å². The van der Waals surface area contributed by atoms with Gasteiger partial charge in [0.15, 0.2) is 18.0 Å². The van der Waals surface area contributed by atoms with Gasteiger partial charge in [0.05, 0.1) is 32.0 Å². The molecule has 162 valence electrons. The van der Waals surface area contributed by atoms with Gasteiger partial charge in [-0.25, -0.2) is 4.68 Å². The maximum atomic E-state index is 12.7. The highest BCUT2D eigenvalue weighted by molar-refractivity contribution is 5.90. The Morgan fingerprint density at radius 3 is 2.57 bits per heavy atom. The van der Waals surface area contributed by atoms with Gasteiger partial charge >= 0.3 is 0 Å². The fourth-order valence-corrected chi connectivity index (χ4v) is 4.67. The lowest BCUT2D eigenvalue weighted by molar-refractivity contribution is -0.907. The van der Waals surface area contributed by atoms with Crippen molar-refractivity contribution in [3.05, 3.63) is 35.5 Å². The van der Waals surface area contributed by atoms with Crippen molar-refractivity contribution in [3.8, 4) is 11.5 Å². The van der Waals surface area contributed by atoms with E-state index in [0.29, 0.717) is 25.8 Å². The van der Waals surface area contributed by atoms with E-state index in [1.807, 2.05) is 24.6 Å². The van der Waals surface area contributed by atoms with E-state index in [1.165, 1.54) is 28.9 Å². The van der Waals surface area contributed by atoms with Crippen LogP contribution in [0.15, 0.2) is 24.4 Å². The highest BCUT2D eigenvalue weighted by Crippen LogP contribution is 2.32. The number of aromatic nitrogens is 2. The van der Waals surface area contributed by atoms with E-state index in [-0.39, 0.29) is 5.91 Å². The number of ether oxygens (including phenoxy) is 2. The zero-order valence-corrected chi connectivity index (χ0v) is 18.1. The first-order chi connectivity index (χ1) is 14.7. The summed E-state index contributed by atoms with van der Waals surface area (Å²) in [5.74, 6) is 2.48. The molecule has 2 heterocycles. The first kappa shape index (κ1) is 20.7. The van der Waals surface area contributed by atoms with Crippen molar-refractivity contribution in [2.24, 2.45) is 0 Å². The monoisotopic (exact) mass is 413 g/mol. The van der Waals surface area contributed by atoms with Crippen molar-refractivity contribution in [2.75, 3.05) is 31.6 Å². The molecule has 0 spiro atoms. The van der Waals surface area contributed by atoms with Crippen molar-refractivity contribution < 1.29 is 19.2 Å². The van der Waals surface area contributed by atoms with Gasteiger partial charge in [-0.1, -0.05) is 12.8 Å². The molecular formula is C23H33N4O3+. The number of carbonyl (C=O) groups is 1. The Kier molecular flexibility index (Phi) is 6.57. The number of anilines is 1. The lowest BCUT2D eigenvalue weighted by Gasteiger charge is -2.26. The summed E-state index contributed by atoms with van der Waals surface area (Å²) >= 11 is 0. The van der Waals surface area contributed by atoms with Crippen LogP contribution >= 0.6 is 0 Å². The first-order valence-electron chi connectivity index (χ1n) is 11.3. The number of benzene rings is 1. The Morgan fingerprint density at radius 1 is 1.17 bits per heavy atom. The summed E-state index contributed by atoms with van der Waals surface area (Å²) in [5, 5.41) is 7.54. The third-order valence-corrected chi connectivity index (χ3v) is 6.07. The summed E-state index contributed by atoms with van der Waals surface area (Å²) in [6.07, 6.45) is 7.48. The van der Waals surface area contributed by atoms with Gasteiger partial charge < -0.3 is 19.7 Å². The molecule has 1 aliphatic heterocycles. The van der Waals surface area contributed by atoms with E-state index in [0.717, 1.165) is 49.7 Å². The number of rotatable bonds is 8. The van der Waals surface area contributed by atoms with Gasteiger partial charge in [-0.2, -0.15) is 5.10 Å². The molecule has 0 radical (unpaired) electrons. The Labute approximate surface area is 178 Å². The first-order valence-corrected chi connectivity index (χ1v) is 11.3. The second-order valence-electron chi connectivity index (χ2n) is 8.18. The molecule has 1 aromatic heterocycles. The van der Waals surface area contributed by atoms with Gasteiger partial charge in [0, 0.05) is 18.1 Å². The number of fused-ring (bicyclic) bond motifs is 1. The lowest BCUT2D eigenvalue weighted by Crippen LogP contribution is -3.12. The van der Waals surface area contributed by atoms with Crippen LogP contribution < -0.4 is 19.7 Å². The molecule has 1 saturated carbocycles. The van der Waals surface area contributed by atoms with Crippen LogP contribution in [-0.4, -0.2) is 42.0 Å². The van der Waals surface area contributed by atoms with Gasteiger partial charge in [-0.05, 0) is 44.4 Å². The molecule has 0 bridgehead atoms. The van der Waals surface area contributed by atoms with Crippen LogP contribution in [0.5, 0.6) is 11.5 Å². The zero-order valence-electron chi connectivity index (χ0n) is 18.1. The molecular weight excluding hydrogens is 380 g/mol. The average Bonchev–Trinajstić information content (AvgIpc) is 3.40. The Balaban J connectivity index is 1.39. The van der Waals surface area contributed by atoms with Gasteiger partial charge in [-0.3, -0.25) is 4.79 Å². The van der Waals surface area contributed by atoms with Crippen LogP contribution in [0, 0.1) is 0 Å². The normalized spacial score (nSPS) is 18.8. The van der Waals surface area contributed by atoms with Gasteiger partial charge in [0.1, 0.15) is 12.4 Å². The third kappa shape index (κ3) is 4.61. The van der Waals surface area contributed by atoms with E-state index < -0.39 is 0 Å². The van der Waals surface area contributed by atoms with Gasteiger partial charge in [0.2, 0.25) is 0 Å². The highest BCUT2D eigenvalue weighted by atomic mass is 16.5. The molecule has 1 aromatic carbocycles. The van der Waals surface area contributed by atoms with Crippen LogP contribution in [-0.2, 0) is 17.8 Å². The molecule has 0 saturated heterocycles. The van der Waals surface area contributed by atoms with E-state index in [2.05, 4.69) is 22.5 Å². The Hall–Kier alpha value is -2.54. The van der Waals surface area contributed by atoms with E-state index in [1.54, 1.807) is 6.20 Å². The maximum absolute atomic E-state index is 12.7. The summed E-state index contributed by atoms with van der Waals surface area (Å²) in [7, 11) is 0. The smallest absolute Gasteiger partial charge is 0.280 e. The standard InChI is InChI=1S/C23H32N4O3/c1-3-29-20-13-17-10-12-26(15-18(17)14-21(20)30-4-2)16-23(28)25-22-9-11-24-27(22)19-7-5-6-8-19/h9,11,13-14,19H,3-8,10,12,15-16H2,1-2H3,(H,25,28)/p+1. The summed E-state index contributed by atoms with van der Waals surface area (Å²) in [6.45, 7) is 7.39. The highest BCUT2D eigenvalue weighted by Gasteiger charge is 2.25. The summed E-state index contributed by atoms with van der Waals surface area (Å²) in [6, 6.07) is 6.53. The lowest BCUT2D eigenvalue weighted by atomic mass is 9.99. The minimum Gasteiger partial charge on any atom is -0.490 e. The fourth-order valence-electron chi connectivity index (χ4n) is 4.67. The number of hydrogen-bond acceptors (Lipinski definition) is 4. The minimum atomic E-state index is 0.0455. The second kappa shape index (κ2) is 9.51. The number of hydrogen-bond donors (Lipinski definition) is 2. The SMILES string of the molecule is CCOc1cc2c(cc1OCC)C[NH+](CC(=O)Nc1ccnn1C1CCCC1)CC2.